The van der Waals surface area contributed by atoms with Crippen molar-refractivity contribution in [2.45, 2.75) is 39.0 Å². The van der Waals surface area contributed by atoms with Crippen molar-refractivity contribution < 1.29 is 0 Å². The molecular weight excluding hydrogens is 108 g/mol. The molecule has 0 heteroatoms. The first-order chi connectivity index (χ1) is 4.38. The van der Waals surface area contributed by atoms with Crippen molar-refractivity contribution in [3.63, 3.8) is 0 Å². The molecule has 52 valence electrons. The van der Waals surface area contributed by atoms with Crippen LogP contribution >= 0.6 is 0 Å². The molecule has 0 aliphatic heterocycles. The molecule has 0 saturated heterocycles. The van der Waals surface area contributed by atoms with Gasteiger partial charge in [-0.1, -0.05) is 26.2 Å². The van der Waals surface area contributed by atoms with Gasteiger partial charge in [0.25, 0.3) is 0 Å². The van der Waals surface area contributed by atoms with Gasteiger partial charge in [0.15, 0.2) is 0 Å². The van der Waals surface area contributed by atoms with E-state index in [9.17, 15) is 0 Å². The molecule has 0 N–H and O–H groups in total. The van der Waals surface area contributed by atoms with Gasteiger partial charge in [-0.3, -0.25) is 0 Å². The van der Waals surface area contributed by atoms with Gasteiger partial charge in [-0.15, -0.1) is 0 Å². The third-order valence-electron chi connectivity index (χ3n) is 3.44. The summed E-state index contributed by atoms with van der Waals surface area (Å²) in [6.45, 7) is 2.44. The number of hydrogen-bond donors (Lipinski definition) is 0. The average Bonchev–Trinajstić information content (AvgIpc) is 2.35. The van der Waals surface area contributed by atoms with Crippen LogP contribution in [-0.2, 0) is 0 Å². The van der Waals surface area contributed by atoms with Crippen molar-refractivity contribution in [3.8, 4) is 0 Å². The fraction of sp³-hybridized carbons (Fsp3) is 1.00. The van der Waals surface area contributed by atoms with Crippen LogP contribution in [0.5, 0.6) is 0 Å². The van der Waals surface area contributed by atoms with E-state index in [1.165, 1.54) is 12.8 Å². The highest BCUT2D eigenvalue weighted by Gasteiger charge is 2.36. The lowest BCUT2D eigenvalue weighted by Crippen LogP contribution is -2.04. The Morgan fingerprint density at radius 1 is 1.00 bits per heavy atom. The molecule has 0 spiro atoms. The SMILES string of the molecule is C[C@@H]1CC[C@H]2CCC[C@@H]21. The van der Waals surface area contributed by atoms with Gasteiger partial charge in [-0.05, 0) is 30.6 Å². The van der Waals surface area contributed by atoms with Gasteiger partial charge >= 0.3 is 0 Å². The summed E-state index contributed by atoms with van der Waals surface area (Å²) in [5, 5.41) is 0. The molecule has 2 aliphatic carbocycles. The standard InChI is InChI=1S/C9H16/c1-7-5-6-8-3-2-4-9(7)8/h7-9H,2-6H2,1H3/t7-,8-,9-/m1/s1. The number of fused-ring (bicyclic) bond motifs is 1. The molecule has 0 heterocycles. The molecule has 2 aliphatic rings. The van der Waals surface area contributed by atoms with E-state index in [1.807, 2.05) is 0 Å². The molecule has 0 aromatic carbocycles. The van der Waals surface area contributed by atoms with Crippen molar-refractivity contribution in [2.24, 2.45) is 17.8 Å². The number of hydrogen-bond acceptors (Lipinski definition) is 0. The van der Waals surface area contributed by atoms with Crippen molar-refractivity contribution in [2.75, 3.05) is 0 Å². The minimum Gasteiger partial charge on any atom is -0.0622 e. The fourth-order valence-electron chi connectivity index (χ4n) is 2.86. The maximum absolute atomic E-state index is 2.44. The van der Waals surface area contributed by atoms with Crippen LogP contribution in [0.25, 0.3) is 0 Å². The van der Waals surface area contributed by atoms with Crippen LogP contribution in [0, 0.1) is 17.8 Å². The van der Waals surface area contributed by atoms with E-state index in [0.717, 1.165) is 17.8 Å². The maximum Gasteiger partial charge on any atom is -0.0360 e. The van der Waals surface area contributed by atoms with E-state index < -0.39 is 0 Å². The molecule has 0 aromatic heterocycles. The summed E-state index contributed by atoms with van der Waals surface area (Å²) in [5.41, 5.74) is 0. The Morgan fingerprint density at radius 3 is 2.67 bits per heavy atom. The molecule has 0 bridgehead atoms. The summed E-state index contributed by atoms with van der Waals surface area (Å²) >= 11 is 0. The minimum absolute atomic E-state index is 1.07. The highest BCUT2D eigenvalue weighted by atomic mass is 14.4. The third kappa shape index (κ3) is 0.798. The topological polar surface area (TPSA) is 0 Å². The van der Waals surface area contributed by atoms with Crippen LogP contribution in [-0.4, -0.2) is 0 Å². The van der Waals surface area contributed by atoms with Gasteiger partial charge < -0.3 is 0 Å². The fourth-order valence-corrected chi connectivity index (χ4v) is 2.86. The Hall–Kier alpha value is 0. The van der Waals surface area contributed by atoms with Crippen molar-refractivity contribution in [1.82, 2.24) is 0 Å². The molecule has 9 heavy (non-hydrogen) atoms. The lowest BCUT2D eigenvalue weighted by molar-refractivity contribution is 0.376. The summed E-state index contributed by atoms with van der Waals surface area (Å²) in [7, 11) is 0. The molecule has 2 rings (SSSR count). The molecule has 0 aromatic rings. The zero-order valence-corrected chi connectivity index (χ0v) is 6.27. The van der Waals surface area contributed by atoms with Gasteiger partial charge in [0, 0.05) is 0 Å². The van der Waals surface area contributed by atoms with E-state index in [2.05, 4.69) is 6.92 Å². The van der Waals surface area contributed by atoms with Gasteiger partial charge in [0.1, 0.15) is 0 Å². The molecule has 0 amide bonds. The Labute approximate surface area is 57.6 Å². The van der Waals surface area contributed by atoms with Crippen LogP contribution in [0.4, 0.5) is 0 Å². The van der Waals surface area contributed by atoms with Crippen LogP contribution in [0.3, 0.4) is 0 Å². The maximum atomic E-state index is 2.44. The van der Waals surface area contributed by atoms with E-state index in [4.69, 9.17) is 0 Å². The second-order valence-electron chi connectivity index (χ2n) is 3.91. The lowest BCUT2D eigenvalue weighted by Gasteiger charge is -2.11. The zero-order valence-electron chi connectivity index (χ0n) is 6.27. The van der Waals surface area contributed by atoms with Gasteiger partial charge in [-0.25, -0.2) is 0 Å². The van der Waals surface area contributed by atoms with Crippen LogP contribution in [0.15, 0.2) is 0 Å². The third-order valence-corrected chi connectivity index (χ3v) is 3.44. The van der Waals surface area contributed by atoms with E-state index in [0.29, 0.717) is 0 Å². The van der Waals surface area contributed by atoms with Gasteiger partial charge in [0.2, 0.25) is 0 Å². The normalized spacial score (nSPS) is 49.7. The second-order valence-corrected chi connectivity index (χ2v) is 3.91. The second kappa shape index (κ2) is 2.00. The van der Waals surface area contributed by atoms with E-state index in [-0.39, 0.29) is 0 Å². The van der Waals surface area contributed by atoms with Crippen molar-refractivity contribution in [1.29, 1.82) is 0 Å². The average molecular weight is 124 g/mol. The smallest absolute Gasteiger partial charge is 0.0360 e. The van der Waals surface area contributed by atoms with Crippen molar-refractivity contribution >= 4 is 0 Å². The Kier molecular flexibility index (Phi) is 1.28. The van der Waals surface area contributed by atoms with Crippen LogP contribution in [0.1, 0.15) is 39.0 Å². The highest BCUT2D eigenvalue weighted by Crippen LogP contribution is 2.46. The first-order valence-corrected chi connectivity index (χ1v) is 4.38. The Morgan fingerprint density at radius 2 is 1.89 bits per heavy atom. The highest BCUT2D eigenvalue weighted by molar-refractivity contribution is 4.86. The molecule has 0 unspecified atom stereocenters. The Bertz CT molecular complexity index is 107. The lowest BCUT2D eigenvalue weighted by atomic mass is 9.94. The summed E-state index contributed by atoms with van der Waals surface area (Å²) < 4.78 is 0. The monoisotopic (exact) mass is 124 g/mol. The summed E-state index contributed by atoms with van der Waals surface area (Å²) in [6.07, 6.45) is 7.70. The molecule has 0 nitrogen and oxygen atoms in total. The van der Waals surface area contributed by atoms with Gasteiger partial charge in [0.05, 0.1) is 0 Å². The minimum atomic E-state index is 1.07. The number of rotatable bonds is 0. The first-order valence-electron chi connectivity index (χ1n) is 4.38. The largest absolute Gasteiger partial charge is 0.0622 e. The van der Waals surface area contributed by atoms with Crippen LogP contribution in [0.2, 0.25) is 0 Å². The van der Waals surface area contributed by atoms with E-state index >= 15 is 0 Å². The Balaban J connectivity index is 2.07. The summed E-state index contributed by atoms with van der Waals surface area (Å²) in [4.78, 5) is 0. The summed E-state index contributed by atoms with van der Waals surface area (Å²) in [6, 6.07) is 0. The predicted octanol–water partition coefficient (Wildman–Crippen LogP) is 2.83. The van der Waals surface area contributed by atoms with Gasteiger partial charge in [-0.2, -0.15) is 0 Å². The van der Waals surface area contributed by atoms with E-state index in [1.54, 1.807) is 19.3 Å². The van der Waals surface area contributed by atoms with Crippen molar-refractivity contribution in [3.05, 3.63) is 0 Å². The molecule has 2 saturated carbocycles. The zero-order chi connectivity index (χ0) is 6.27. The predicted molar refractivity (Wildman–Crippen MR) is 39.2 cm³/mol. The summed E-state index contributed by atoms with van der Waals surface area (Å²) in [5.74, 6) is 3.36. The molecule has 0 radical (unpaired) electrons. The molecule has 2 fully saturated rings. The van der Waals surface area contributed by atoms with Crippen LogP contribution < -0.4 is 0 Å². The molecular formula is C9H16. The first kappa shape index (κ1) is 5.76. The quantitative estimate of drug-likeness (QED) is 0.466. The molecule has 3 atom stereocenters.